The van der Waals surface area contributed by atoms with E-state index in [9.17, 15) is 4.79 Å². The van der Waals surface area contributed by atoms with Gasteiger partial charge in [-0.25, -0.2) is 0 Å². The van der Waals surface area contributed by atoms with Crippen molar-refractivity contribution >= 4 is 11.6 Å². The Balaban J connectivity index is 1.61. The summed E-state index contributed by atoms with van der Waals surface area (Å²) in [6, 6.07) is 7.41. The molecular formula is C15H19N5O. The van der Waals surface area contributed by atoms with Gasteiger partial charge in [-0.1, -0.05) is 12.8 Å². The quantitative estimate of drug-likeness (QED) is 0.898. The van der Waals surface area contributed by atoms with E-state index in [4.69, 9.17) is 5.73 Å². The van der Waals surface area contributed by atoms with Crippen molar-refractivity contribution in [2.75, 3.05) is 5.32 Å². The molecule has 1 amide bonds. The largest absolute Gasteiger partial charge is 0.326 e. The average Bonchev–Trinajstić information content (AvgIpc) is 3.11. The number of hydrogen-bond donors (Lipinski definition) is 2. The Morgan fingerprint density at radius 3 is 2.43 bits per heavy atom. The number of carbonyl (C=O) groups excluding carboxylic acids is 1. The van der Waals surface area contributed by atoms with E-state index in [1.807, 2.05) is 24.3 Å². The van der Waals surface area contributed by atoms with Crippen LogP contribution in [-0.2, 0) is 4.79 Å². The molecule has 2 aromatic rings. The second-order valence-corrected chi connectivity index (χ2v) is 5.66. The third-order valence-electron chi connectivity index (χ3n) is 3.91. The van der Waals surface area contributed by atoms with E-state index in [1.54, 1.807) is 12.4 Å². The van der Waals surface area contributed by atoms with Gasteiger partial charge in [0.05, 0.1) is 18.1 Å². The smallest absolute Gasteiger partial charge is 0.226 e. The summed E-state index contributed by atoms with van der Waals surface area (Å²) < 4.78 is 0. The second-order valence-electron chi connectivity index (χ2n) is 5.66. The van der Waals surface area contributed by atoms with Crippen LogP contribution in [0, 0.1) is 0 Å². The van der Waals surface area contributed by atoms with E-state index < -0.39 is 0 Å². The molecule has 0 spiro atoms. The number of benzene rings is 1. The lowest BCUT2D eigenvalue weighted by molar-refractivity contribution is -0.117. The number of carbonyl (C=O) groups is 1. The first-order chi connectivity index (χ1) is 10.1. The van der Waals surface area contributed by atoms with Gasteiger partial charge in [0.25, 0.3) is 0 Å². The Kier molecular flexibility index (Phi) is 3.70. The highest BCUT2D eigenvalue weighted by atomic mass is 16.1. The molecule has 1 aromatic heterocycles. The van der Waals surface area contributed by atoms with Gasteiger partial charge in [-0.2, -0.15) is 15.0 Å². The molecule has 1 heterocycles. The van der Waals surface area contributed by atoms with Crippen LogP contribution in [0.3, 0.4) is 0 Å². The molecule has 3 N–H and O–H groups in total. The SMILES string of the molecule is NC1(CC(=O)Nc2ccc(-n3nccn3)cc2)CCCC1. The van der Waals surface area contributed by atoms with E-state index in [-0.39, 0.29) is 11.4 Å². The zero-order valence-corrected chi connectivity index (χ0v) is 11.8. The highest BCUT2D eigenvalue weighted by Crippen LogP contribution is 2.30. The van der Waals surface area contributed by atoms with Crippen molar-refractivity contribution in [3.63, 3.8) is 0 Å². The van der Waals surface area contributed by atoms with Crippen LogP contribution in [0.25, 0.3) is 5.69 Å². The third kappa shape index (κ3) is 3.28. The molecule has 0 atom stereocenters. The molecule has 0 saturated heterocycles. The fourth-order valence-corrected chi connectivity index (χ4v) is 2.81. The summed E-state index contributed by atoms with van der Waals surface area (Å²) in [4.78, 5) is 13.6. The fraction of sp³-hybridized carbons (Fsp3) is 0.400. The molecule has 0 bridgehead atoms. The van der Waals surface area contributed by atoms with E-state index in [1.165, 1.54) is 4.80 Å². The molecule has 3 rings (SSSR count). The van der Waals surface area contributed by atoms with Crippen molar-refractivity contribution in [3.05, 3.63) is 36.7 Å². The van der Waals surface area contributed by atoms with Gasteiger partial charge in [0, 0.05) is 17.6 Å². The molecule has 1 aromatic carbocycles. The number of rotatable bonds is 4. The number of hydrogen-bond acceptors (Lipinski definition) is 4. The maximum atomic E-state index is 12.1. The van der Waals surface area contributed by atoms with Gasteiger partial charge in [0.2, 0.25) is 5.91 Å². The van der Waals surface area contributed by atoms with Crippen molar-refractivity contribution in [2.45, 2.75) is 37.6 Å². The van der Waals surface area contributed by atoms with Gasteiger partial charge in [0.15, 0.2) is 0 Å². The monoisotopic (exact) mass is 285 g/mol. The van der Waals surface area contributed by atoms with Crippen molar-refractivity contribution < 1.29 is 4.79 Å². The van der Waals surface area contributed by atoms with Crippen LogP contribution in [0.15, 0.2) is 36.7 Å². The van der Waals surface area contributed by atoms with Gasteiger partial charge in [-0.3, -0.25) is 4.79 Å². The number of nitrogens with two attached hydrogens (primary N) is 1. The first-order valence-corrected chi connectivity index (χ1v) is 7.20. The van der Waals surface area contributed by atoms with Gasteiger partial charge < -0.3 is 11.1 Å². The molecule has 1 saturated carbocycles. The minimum Gasteiger partial charge on any atom is -0.326 e. The van der Waals surface area contributed by atoms with Crippen molar-refractivity contribution in [1.29, 1.82) is 0 Å². The highest BCUT2D eigenvalue weighted by Gasteiger charge is 2.31. The number of nitrogens with zero attached hydrogens (tertiary/aromatic N) is 3. The summed E-state index contributed by atoms with van der Waals surface area (Å²) in [7, 11) is 0. The molecular weight excluding hydrogens is 266 g/mol. The van der Waals surface area contributed by atoms with Crippen LogP contribution in [-0.4, -0.2) is 26.4 Å². The lowest BCUT2D eigenvalue weighted by atomic mass is 9.94. The molecule has 1 fully saturated rings. The normalized spacial score (nSPS) is 16.8. The van der Waals surface area contributed by atoms with Crippen LogP contribution in [0.5, 0.6) is 0 Å². The predicted molar refractivity (Wildman–Crippen MR) is 80.0 cm³/mol. The average molecular weight is 285 g/mol. The van der Waals surface area contributed by atoms with E-state index in [2.05, 4.69) is 15.5 Å². The summed E-state index contributed by atoms with van der Waals surface area (Å²) in [6.45, 7) is 0. The zero-order chi connectivity index (χ0) is 14.7. The molecule has 6 heteroatoms. The minimum atomic E-state index is -0.316. The molecule has 0 unspecified atom stereocenters. The second kappa shape index (κ2) is 5.65. The van der Waals surface area contributed by atoms with Crippen molar-refractivity contribution in [1.82, 2.24) is 15.0 Å². The van der Waals surface area contributed by atoms with E-state index >= 15 is 0 Å². The standard InChI is InChI=1S/C15H19N5O/c16-15(7-1-2-8-15)11-14(21)19-12-3-5-13(6-4-12)20-17-9-10-18-20/h3-6,9-10H,1-2,7-8,11,16H2,(H,19,21). The van der Waals surface area contributed by atoms with E-state index in [0.717, 1.165) is 37.1 Å². The fourth-order valence-electron chi connectivity index (χ4n) is 2.81. The van der Waals surface area contributed by atoms with Crippen LogP contribution in [0.4, 0.5) is 5.69 Å². The molecule has 21 heavy (non-hydrogen) atoms. The number of anilines is 1. The molecule has 6 nitrogen and oxygen atoms in total. The summed E-state index contributed by atoms with van der Waals surface area (Å²) in [5, 5.41) is 11.0. The summed E-state index contributed by atoms with van der Waals surface area (Å²) >= 11 is 0. The Hall–Kier alpha value is -2.21. The van der Waals surface area contributed by atoms with Gasteiger partial charge in [-0.05, 0) is 37.1 Å². The van der Waals surface area contributed by atoms with Gasteiger partial charge >= 0.3 is 0 Å². The Bertz CT molecular complexity index is 600. The molecule has 0 aliphatic heterocycles. The van der Waals surface area contributed by atoms with Gasteiger partial charge in [-0.15, -0.1) is 0 Å². The third-order valence-corrected chi connectivity index (χ3v) is 3.91. The Morgan fingerprint density at radius 1 is 1.19 bits per heavy atom. The first-order valence-electron chi connectivity index (χ1n) is 7.20. The lowest BCUT2D eigenvalue weighted by Crippen LogP contribution is -2.40. The van der Waals surface area contributed by atoms with Crippen LogP contribution < -0.4 is 11.1 Å². The first kappa shape index (κ1) is 13.8. The minimum absolute atomic E-state index is 0.0237. The topological polar surface area (TPSA) is 85.8 Å². The van der Waals surface area contributed by atoms with E-state index in [0.29, 0.717) is 6.42 Å². The maximum Gasteiger partial charge on any atom is 0.226 e. The summed E-state index contributed by atoms with van der Waals surface area (Å²) in [5.74, 6) is -0.0237. The Labute approximate surface area is 123 Å². The molecule has 1 aliphatic carbocycles. The molecule has 0 radical (unpaired) electrons. The van der Waals surface area contributed by atoms with Crippen molar-refractivity contribution in [3.8, 4) is 5.69 Å². The zero-order valence-electron chi connectivity index (χ0n) is 11.8. The highest BCUT2D eigenvalue weighted by molar-refractivity contribution is 5.91. The lowest BCUT2D eigenvalue weighted by Gasteiger charge is -2.22. The predicted octanol–water partition coefficient (Wildman–Crippen LogP) is 1.87. The van der Waals surface area contributed by atoms with Crippen LogP contribution in [0.2, 0.25) is 0 Å². The molecule has 1 aliphatic rings. The summed E-state index contributed by atoms with van der Waals surface area (Å²) in [6.07, 6.45) is 7.74. The van der Waals surface area contributed by atoms with Crippen molar-refractivity contribution in [2.24, 2.45) is 5.73 Å². The maximum absolute atomic E-state index is 12.1. The van der Waals surface area contributed by atoms with Gasteiger partial charge in [0.1, 0.15) is 0 Å². The summed E-state index contributed by atoms with van der Waals surface area (Å²) in [5.41, 5.74) is 7.52. The molecule has 110 valence electrons. The number of nitrogens with one attached hydrogen (secondary N) is 1. The van der Waals surface area contributed by atoms with Crippen LogP contribution in [0.1, 0.15) is 32.1 Å². The Morgan fingerprint density at radius 2 is 1.81 bits per heavy atom. The number of amides is 1. The van der Waals surface area contributed by atoms with Crippen LogP contribution >= 0.6 is 0 Å². The number of aromatic nitrogens is 3.